The van der Waals surface area contributed by atoms with Gasteiger partial charge >= 0.3 is 0 Å². The number of nitriles is 1. The Bertz CT molecular complexity index is 390. The van der Waals surface area contributed by atoms with Gasteiger partial charge in [0, 0.05) is 0 Å². The number of aliphatic hydroxyl groups is 1. The summed E-state index contributed by atoms with van der Waals surface area (Å²) in [5.41, 5.74) is -0.217. The van der Waals surface area contributed by atoms with E-state index in [0.29, 0.717) is 0 Å². The van der Waals surface area contributed by atoms with Gasteiger partial charge < -0.3 is 5.11 Å². The molecule has 0 saturated carbocycles. The second-order valence-corrected chi connectivity index (χ2v) is 3.46. The molecule has 1 aromatic rings. The predicted octanol–water partition coefficient (Wildman–Crippen LogP) is 1.99. The van der Waals surface area contributed by atoms with Crippen molar-refractivity contribution in [2.75, 3.05) is 0 Å². The molecule has 0 aliphatic heterocycles. The molecule has 14 heavy (non-hydrogen) atoms. The monoisotopic (exact) mass is 310 g/mol. The van der Waals surface area contributed by atoms with Gasteiger partial charge in [0.05, 0.1) is 12.2 Å². The molecular formula is C8H5F2IN2O. The molecule has 6 heteroatoms. The van der Waals surface area contributed by atoms with Gasteiger partial charge in [-0.2, -0.15) is 5.26 Å². The van der Waals surface area contributed by atoms with Crippen LogP contribution in [-0.2, 0) is 6.61 Å². The molecule has 0 aliphatic rings. The maximum absolute atomic E-state index is 12.5. The average Bonchev–Trinajstić information content (AvgIpc) is 2.15. The molecule has 0 fully saturated rings. The van der Waals surface area contributed by atoms with Crippen molar-refractivity contribution in [2.24, 2.45) is 0 Å². The van der Waals surface area contributed by atoms with Crippen LogP contribution >= 0.6 is 22.6 Å². The molecule has 0 amide bonds. The van der Waals surface area contributed by atoms with Gasteiger partial charge in [0.15, 0.2) is 0 Å². The molecule has 0 saturated heterocycles. The van der Waals surface area contributed by atoms with Crippen LogP contribution in [0.1, 0.15) is 23.2 Å². The minimum atomic E-state index is -2.69. The lowest BCUT2D eigenvalue weighted by Gasteiger charge is -2.08. The summed E-state index contributed by atoms with van der Waals surface area (Å²) in [5.74, 6) is 0. The van der Waals surface area contributed by atoms with Crippen LogP contribution in [0.5, 0.6) is 0 Å². The normalized spacial score (nSPS) is 10.3. The van der Waals surface area contributed by atoms with Crippen molar-refractivity contribution in [3.05, 3.63) is 26.6 Å². The van der Waals surface area contributed by atoms with E-state index in [1.54, 1.807) is 28.7 Å². The molecule has 3 nitrogen and oxygen atoms in total. The fourth-order valence-electron chi connectivity index (χ4n) is 0.992. The summed E-state index contributed by atoms with van der Waals surface area (Å²) in [6, 6.07) is 2.91. The first-order valence-electron chi connectivity index (χ1n) is 3.58. The van der Waals surface area contributed by atoms with Crippen LogP contribution in [0.4, 0.5) is 8.78 Å². The Labute approximate surface area is 92.5 Å². The fourth-order valence-corrected chi connectivity index (χ4v) is 1.83. The van der Waals surface area contributed by atoms with E-state index in [9.17, 15) is 8.78 Å². The first-order valence-corrected chi connectivity index (χ1v) is 4.66. The zero-order valence-corrected chi connectivity index (χ0v) is 8.99. The van der Waals surface area contributed by atoms with E-state index in [2.05, 4.69) is 4.98 Å². The maximum atomic E-state index is 12.5. The summed E-state index contributed by atoms with van der Waals surface area (Å²) in [5, 5.41) is 17.4. The molecule has 1 aromatic heterocycles. The van der Waals surface area contributed by atoms with E-state index in [4.69, 9.17) is 10.4 Å². The Morgan fingerprint density at radius 2 is 2.29 bits per heavy atom. The lowest BCUT2D eigenvalue weighted by Crippen LogP contribution is -2.02. The van der Waals surface area contributed by atoms with Gasteiger partial charge in [-0.25, -0.2) is 13.8 Å². The van der Waals surface area contributed by atoms with Crippen LogP contribution in [-0.4, -0.2) is 10.1 Å². The van der Waals surface area contributed by atoms with Gasteiger partial charge in [0.25, 0.3) is 6.43 Å². The number of aromatic nitrogens is 1. The Balaban J connectivity index is 3.36. The number of pyridine rings is 1. The largest absolute Gasteiger partial charge is 0.392 e. The highest BCUT2D eigenvalue weighted by Gasteiger charge is 2.18. The molecule has 0 aliphatic carbocycles. The number of alkyl halides is 2. The summed E-state index contributed by atoms with van der Waals surface area (Å²) >= 11 is 1.62. The lowest BCUT2D eigenvalue weighted by atomic mass is 10.1. The number of nitrogens with zero attached hydrogens (tertiary/aromatic N) is 2. The van der Waals surface area contributed by atoms with Crippen molar-refractivity contribution in [1.29, 1.82) is 5.26 Å². The van der Waals surface area contributed by atoms with E-state index in [1.165, 1.54) is 6.07 Å². The van der Waals surface area contributed by atoms with Crippen LogP contribution in [0.3, 0.4) is 0 Å². The summed E-state index contributed by atoms with van der Waals surface area (Å²) in [6.45, 7) is -0.521. The van der Waals surface area contributed by atoms with Crippen LogP contribution < -0.4 is 0 Å². The van der Waals surface area contributed by atoms with Crippen molar-refractivity contribution in [2.45, 2.75) is 13.0 Å². The molecule has 0 radical (unpaired) electrons. The minimum absolute atomic E-state index is 0.0304. The van der Waals surface area contributed by atoms with Gasteiger partial charge in [-0.1, -0.05) is 0 Å². The summed E-state index contributed by atoms with van der Waals surface area (Å²) in [6.07, 6.45) is -2.69. The third kappa shape index (κ3) is 2.16. The summed E-state index contributed by atoms with van der Waals surface area (Å²) in [4.78, 5) is 3.66. The second kappa shape index (κ2) is 4.61. The van der Waals surface area contributed by atoms with Crippen LogP contribution in [0.25, 0.3) is 0 Å². The molecule has 0 bridgehead atoms. The average molecular weight is 310 g/mol. The van der Waals surface area contributed by atoms with Gasteiger partial charge in [-0.05, 0) is 34.2 Å². The minimum Gasteiger partial charge on any atom is -0.392 e. The standard InChI is InChI=1S/C8H5F2IN2O/c9-7(10)6-4(3-14)1-5(2-12)13-8(6)11/h1,7,14H,3H2. The van der Waals surface area contributed by atoms with Crippen LogP contribution in [0.15, 0.2) is 6.07 Å². The van der Waals surface area contributed by atoms with Crippen molar-refractivity contribution >= 4 is 22.6 Å². The van der Waals surface area contributed by atoms with Crippen molar-refractivity contribution in [1.82, 2.24) is 4.98 Å². The Kier molecular flexibility index (Phi) is 3.71. The maximum Gasteiger partial charge on any atom is 0.266 e. The van der Waals surface area contributed by atoms with Crippen molar-refractivity contribution < 1.29 is 13.9 Å². The van der Waals surface area contributed by atoms with E-state index >= 15 is 0 Å². The van der Waals surface area contributed by atoms with Crippen molar-refractivity contribution in [3.63, 3.8) is 0 Å². The molecular weight excluding hydrogens is 305 g/mol. The zero-order chi connectivity index (χ0) is 10.7. The number of hydrogen-bond acceptors (Lipinski definition) is 3. The highest BCUT2D eigenvalue weighted by Crippen LogP contribution is 2.27. The van der Waals surface area contributed by atoms with Crippen LogP contribution in [0.2, 0.25) is 0 Å². The van der Waals surface area contributed by atoms with Gasteiger partial charge in [-0.3, -0.25) is 0 Å². The summed E-state index contributed by atoms with van der Waals surface area (Å²) < 4.78 is 25.0. The molecule has 1 heterocycles. The number of rotatable bonds is 2. The smallest absolute Gasteiger partial charge is 0.266 e. The topological polar surface area (TPSA) is 56.9 Å². The lowest BCUT2D eigenvalue weighted by molar-refractivity contribution is 0.145. The molecule has 1 N–H and O–H groups in total. The van der Waals surface area contributed by atoms with Gasteiger partial charge in [-0.15, -0.1) is 0 Å². The quantitative estimate of drug-likeness (QED) is 0.671. The third-order valence-electron chi connectivity index (χ3n) is 1.60. The molecule has 74 valence electrons. The van der Waals surface area contributed by atoms with E-state index < -0.39 is 13.0 Å². The molecule has 0 spiro atoms. The summed E-state index contributed by atoms with van der Waals surface area (Å²) in [7, 11) is 0. The zero-order valence-electron chi connectivity index (χ0n) is 6.84. The fraction of sp³-hybridized carbons (Fsp3) is 0.250. The van der Waals surface area contributed by atoms with Gasteiger partial charge in [0.1, 0.15) is 15.5 Å². The predicted molar refractivity (Wildman–Crippen MR) is 52.5 cm³/mol. The molecule has 0 atom stereocenters. The van der Waals surface area contributed by atoms with Crippen molar-refractivity contribution in [3.8, 4) is 6.07 Å². The Morgan fingerprint density at radius 1 is 1.64 bits per heavy atom. The first kappa shape index (κ1) is 11.3. The molecule has 0 unspecified atom stereocenters. The SMILES string of the molecule is N#Cc1cc(CO)c(C(F)F)c(I)n1. The van der Waals surface area contributed by atoms with E-state index in [0.717, 1.165) is 0 Å². The highest BCUT2D eigenvalue weighted by molar-refractivity contribution is 14.1. The third-order valence-corrected chi connectivity index (χ3v) is 2.42. The molecule has 1 rings (SSSR count). The number of halogens is 3. The van der Waals surface area contributed by atoms with E-state index in [-0.39, 0.29) is 20.5 Å². The van der Waals surface area contributed by atoms with E-state index in [1.807, 2.05) is 0 Å². The second-order valence-electron chi connectivity index (χ2n) is 2.44. The van der Waals surface area contributed by atoms with Gasteiger partial charge in [0.2, 0.25) is 0 Å². The van der Waals surface area contributed by atoms with Crippen LogP contribution in [0, 0.1) is 15.0 Å². The Hall–Kier alpha value is -0.810. The highest BCUT2D eigenvalue weighted by atomic mass is 127. The first-order chi connectivity index (χ1) is 6.60. The number of hydrogen-bond donors (Lipinski definition) is 1. The number of aliphatic hydroxyl groups excluding tert-OH is 1. The molecule has 0 aromatic carbocycles. The Morgan fingerprint density at radius 3 is 2.71 bits per heavy atom.